The third kappa shape index (κ3) is 6.89. The molecule has 0 aliphatic rings. The molecule has 1 N–H and O–H groups in total. The van der Waals surface area contributed by atoms with E-state index in [0.717, 1.165) is 11.6 Å². The van der Waals surface area contributed by atoms with Crippen LogP contribution < -0.4 is 10.1 Å². The van der Waals surface area contributed by atoms with Crippen molar-refractivity contribution in [2.45, 2.75) is 26.6 Å². The number of hydrogen-bond donors (Lipinski definition) is 1. The Hall–Kier alpha value is -3.22. The summed E-state index contributed by atoms with van der Waals surface area (Å²) in [5.74, 6) is -1.13. The number of ether oxygens (including phenoxy) is 2. The molecule has 1 unspecified atom stereocenters. The van der Waals surface area contributed by atoms with Crippen molar-refractivity contribution in [1.29, 1.82) is 0 Å². The molecule has 0 saturated carbocycles. The molecule has 1 amide bonds. The molecule has 2 aromatic carbocycles. The van der Waals surface area contributed by atoms with Crippen molar-refractivity contribution in [3.8, 4) is 5.75 Å². The quantitative estimate of drug-likeness (QED) is 0.582. The maximum absolute atomic E-state index is 12.1. The van der Waals surface area contributed by atoms with Gasteiger partial charge in [-0.25, -0.2) is 4.79 Å². The lowest BCUT2D eigenvalue weighted by Crippen LogP contribution is -2.29. The number of amides is 1. The van der Waals surface area contributed by atoms with E-state index in [-0.39, 0.29) is 5.75 Å². The van der Waals surface area contributed by atoms with Gasteiger partial charge in [0, 0.05) is 11.8 Å². The standard InChI is InChI=1S/C20H19F2NO4/c1-13-4-3-5-16(12-13)23-19(25)14(2)26-18(24)11-8-15-6-9-17(10-7-15)27-20(21)22/h3-12,14,20H,1-2H3,(H,23,25)/b11-8+. The first kappa shape index (κ1) is 20.1. The van der Waals surface area contributed by atoms with E-state index in [4.69, 9.17) is 4.74 Å². The fourth-order valence-corrected chi connectivity index (χ4v) is 2.16. The maximum atomic E-state index is 12.1. The van der Waals surface area contributed by atoms with Gasteiger partial charge < -0.3 is 14.8 Å². The molecule has 7 heteroatoms. The van der Waals surface area contributed by atoms with Gasteiger partial charge in [0.2, 0.25) is 0 Å². The van der Waals surface area contributed by atoms with Crippen LogP contribution in [0.2, 0.25) is 0 Å². The molecule has 0 saturated heterocycles. The minimum Gasteiger partial charge on any atom is -0.449 e. The highest BCUT2D eigenvalue weighted by molar-refractivity contribution is 5.96. The van der Waals surface area contributed by atoms with E-state index in [0.29, 0.717) is 11.3 Å². The Morgan fingerprint density at radius 2 is 1.81 bits per heavy atom. The summed E-state index contributed by atoms with van der Waals surface area (Å²) in [6, 6.07) is 13.0. The second kappa shape index (κ2) is 9.47. The number of anilines is 1. The Kier molecular flexibility index (Phi) is 7.05. The van der Waals surface area contributed by atoms with Gasteiger partial charge in [-0.1, -0.05) is 24.3 Å². The molecule has 0 radical (unpaired) electrons. The molecule has 1 atom stereocenters. The minimum absolute atomic E-state index is 0.0196. The van der Waals surface area contributed by atoms with Crippen LogP contribution in [0.5, 0.6) is 5.75 Å². The number of aryl methyl sites for hydroxylation is 1. The smallest absolute Gasteiger partial charge is 0.387 e. The topological polar surface area (TPSA) is 64.6 Å². The van der Waals surface area contributed by atoms with E-state index in [2.05, 4.69) is 10.1 Å². The van der Waals surface area contributed by atoms with E-state index in [9.17, 15) is 18.4 Å². The molecule has 0 fully saturated rings. The fraction of sp³-hybridized carbons (Fsp3) is 0.200. The number of nitrogens with one attached hydrogen (secondary N) is 1. The van der Waals surface area contributed by atoms with Gasteiger partial charge >= 0.3 is 12.6 Å². The van der Waals surface area contributed by atoms with Crippen molar-refractivity contribution in [3.63, 3.8) is 0 Å². The number of benzene rings is 2. The first-order valence-electron chi connectivity index (χ1n) is 8.14. The van der Waals surface area contributed by atoms with Gasteiger partial charge in [0.1, 0.15) is 5.75 Å². The Morgan fingerprint density at radius 1 is 1.11 bits per heavy atom. The highest BCUT2D eigenvalue weighted by Gasteiger charge is 2.16. The summed E-state index contributed by atoms with van der Waals surface area (Å²) in [5.41, 5.74) is 2.19. The zero-order chi connectivity index (χ0) is 19.8. The van der Waals surface area contributed by atoms with Crippen LogP contribution >= 0.6 is 0 Å². The van der Waals surface area contributed by atoms with Crippen molar-refractivity contribution in [2.75, 3.05) is 5.32 Å². The van der Waals surface area contributed by atoms with E-state index in [1.165, 1.54) is 37.3 Å². The zero-order valence-electron chi connectivity index (χ0n) is 14.8. The van der Waals surface area contributed by atoms with Crippen molar-refractivity contribution >= 4 is 23.6 Å². The van der Waals surface area contributed by atoms with Gasteiger partial charge in [-0.2, -0.15) is 8.78 Å². The van der Waals surface area contributed by atoms with Crippen molar-refractivity contribution in [3.05, 3.63) is 65.7 Å². The average molecular weight is 375 g/mol. The molecule has 5 nitrogen and oxygen atoms in total. The van der Waals surface area contributed by atoms with E-state index in [1.54, 1.807) is 12.1 Å². The van der Waals surface area contributed by atoms with Crippen molar-refractivity contribution < 1.29 is 27.8 Å². The molecule has 2 aromatic rings. The number of esters is 1. The predicted molar refractivity (Wildman–Crippen MR) is 97.5 cm³/mol. The number of alkyl halides is 2. The second-order valence-corrected chi connectivity index (χ2v) is 5.72. The van der Waals surface area contributed by atoms with Crippen LogP contribution in [0.15, 0.2) is 54.6 Å². The van der Waals surface area contributed by atoms with Crippen LogP contribution in [-0.2, 0) is 14.3 Å². The van der Waals surface area contributed by atoms with Crippen molar-refractivity contribution in [1.82, 2.24) is 0 Å². The zero-order valence-corrected chi connectivity index (χ0v) is 14.8. The Labute approximate surface area is 155 Å². The Morgan fingerprint density at radius 3 is 2.44 bits per heavy atom. The molecule has 0 spiro atoms. The summed E-state index contributed by atoms with van der Waals surface area (Å²) in [4.78, 5) is 23.9. The first-order chi connectivity index (χ1) is 12.8. The Bertz CT molecular complexity index is 819. The molecular weight excluding hydrogens is 356 g/mol. The van der Waals surface area contributed by atoms with Crippen LogP contribution in [0.4, 0.5) is 14.5 Å². The number of hydrogen-bond acceptors (Lipinski definition) is 4. The van der Waals surface area contributed by atoms with Gasteiger partial charge in [0.15, 0.2) is 6.10 Å². The number of carbonyl (C=O) groups excluding carboxylic acids is 2. The van der Waals surface area contributed by atoms with Crippen molar-refractivity contribution in [2.24, 2.45) is 0 Å². The maximum Gasteiger partial charge on any atom is 0.387 e. The second-order valence-electron chi connectivity index (χ2n) is 5.72. The minimum atomic E-state index is -2.89. The molecular formula is C20H19F2NO4. The van der Waals surface area contributed by atoms with Crippen LogP contribution in [-0.4, -0.2) is 24.6 Å². The lowest BCUT2D eigenvalue weighted by Gasteiger charge is -2.12. The van der Waals surface area contributed by atoms with Gasteiger partial charge in [-0.15, -0.1) is 0 Å². The van der Waals surface area contributed by atoms with Gasteiger partial charge in [0.25, 0.3) is 5.91 Å². The molecule has 2 rings (SSSR count). The predicted octanol–water partition coefficient (Wildman–Crippen LogP) is 4.18. The monoisotopic (exact) mass is 375 g/mol. The largest absolute Gasteiger partial charge is 0.449 e. The van der Waals surface area contributed by atoms with Gasteiger partial charge in [0.05, 0.1) is 0 Å². The SMILES string of the molecule is Cc1cccc(NC(=O)C(C)OC(=O)/C=C/c2ccc(OC(F)F)cc2)c1. The summed E-state index contributed by atoms with van der Waals surface area (Å²) in [6.07, 6.45) is 1.61. The first-order valence-corrected chi connectivity index (χ1v) is 8.14. The molecule has 0 aliphatic heterocycles. The normalized spacial score (nSPS) is 12.0. The van der Waals surface area contributed by atoms with Crippen LogP contribution in [0.1, 0.15) is 18.1 Å². The molecule has 0 aliphatic carbocycles. The third-order valence-electron chi connectivity index (χ3n) is 3.46. The van der Waals surface area contributed by atoms with Crippen LogP contribution in [0.25, 0.3) is 6.08 Å². The number of carbonyl (C=O) groups is 2. The summed E-state index contributed by atoms with van der Waals surface area (Å²) >= 11 is 0. The third-order valence-corrected chi connectivity index (χ3v) is 3.46. The summed E-state index contributed by atoms with van der Waals surface area (Å²) < 4.78 is 33.5. The highest BCUT2D eigenvalue weighted by atomic mass is 19.3. The van der Waals surface area contributed by atoms with Gasteiger partial charge in [-0.05, 0) is 55.3 Å². The molecule has 27 heavy (non-hydrogen) atoms. The molecule has 0 heterocycles. The van der Waals surface area contributed by atoms with Crippen LogP contribution in [0, 0.1) is 6.92 Å². The summed E-state index contributed by atoms with van der Waals surface area (Å²) in [5, 5.41) is 2.67. The number of halogens is 2. The molecule has 142 valence electrons. The lowest BCUT2D eigenvalue weighted by molar-refractivity contribution is -0.148. The summed E-state index contributed by atoms with van der Waals surface area (Å²) in [7, 11) is 0. The Balaban J connectivity index is 1.86. The van der Waals surface area contributed by atoms with E-state index < -0.39 is 24.6 Å². The summed E-state index contributed by atoms with van der Waals surface area (Å²) in [6.45, 7) is 0.470. The number of rotatable bonds is 7. The molecule has 0 aromatic heterocycles. The van der Waals surface area contributed by atoms with E-state index >= 15 is 0 Å². The fourth-order valence-electron chi connectivity index (χ4n) is 2.16. The van der Waals surface area contributed by atoms with Gasteiger partial charge in [-0.3, -0.25) is 4.79 Å². The highest BCUT2D eigenvalue weighted by Crippen LogP contribution is 2.16. The average Bonchev–Trinajstić information content (AvgIpc) is 2.60. The van der Waals surface area contributed by atoms with E-state index in [1.807, 2.05) is 19.1 Å². The lowest BCUT2D eigenvalue weighted by atomic mass is 10.2. The molecule has 0 bridgehead atoms. The van der Waals surface area contributed by atoms with Crippen LogP contribution in [0.3, 0.4) is 0 Å².